The predicted octanol–water partition coefficient (Wildman–Crippen LogP) is 2.88. The molecule has 2 fully saturated rings. The number of hydrogen-bond donors (Lipinski definition) is 0. The lowest BCUT2D eigenvalue weighted by atomic mass is 10.1. The minimum atomic E-state index is 0.116. The molecule has 2 saturated heterocycles. The highest BCUT2D eigenvalue weighted by atomic mass is 16.5. The molecule has 1 amide bonds. The molecule has 0 aromatic heterocycles. The molecule has 0 aliphatic carbocycles. The van der Waals surface area contributed by atoms with Gasteiger partial charge in [-0.1, -0.05) is 24.3 Å². The van der Waals surface area contributed by atoms with Gasteiger partial charge in [0.1, 0.15) is 5.75 Å². The van der Waals surface area contributed by atoms with Crippen LogP contribution in [-0.4, -0.2) is 69.9 Å². The minimum Gasteiger partial charge on any atom is -0.492 e. The van der Waals surface area contributed by atoms with Crippen molar-refractivity contribution < 1.29 is 14.3 Å². The van der Waals surface area contributed by atoms with E-state index in [4.69, 9.17) is 9.47 Å². The Morgan fingerprint density at radius 2 is 1.48 bits per heavy atom. The van der Waals surface area contributed by atoms with E-state index in [0.717, 1.165) is 48.9 Å². The lowest BCUT2D eigenvalue weighted by molar-refractivity contribution is 0.0746. The van der Waals surface area contributed by atoms with Crippen molar-refractivity contribution in [3.05, 3.63) is 54.1 Å². The Morgan fingerprint density at radius 1 is 0.862 bits per heavy atom. The summed E-state index contributed by atoms with van der Waals surface area (Å²) in [5, 5.41) is 0. The number of amides is 1. The number of morpholine rings is 1. The van der Waals surface area contributed by atoms with Gasteiger partial charge in [0.25, 0.3) is 5.91 Å². The summed E-state index contributed by atoms with van der Waals surface area (Å²) < 4.78 is 11.2. The Bertz CT molecular complexity index is 828. The van der Waals surface area contributed by atoms with Crippen LogP contribution >= 0.6 is 0 Å². The van der Waals surface area contributed by atoms with Gasteiger partial charge >= 0.3 is 0 Å². The van der Waals surface area contributed by atoms with Crippen molar-refractivity contribution >= 4 is 17.3 Å². The zero-order chi connectivity index (χ0) is 20.1. The standard InChI is InChI=1S/C23H29N3O3/c1-2-29-22-10-6-5-9-21(22)24-11-13-26(14-12-24)23(27)19-7-3-4-8-20(19)25-15-17-28-18-16-25/h3-10H,2,11-18H2,1H3. The van der Waals surface area contributed by atoms with Crippen molar-refractivity contribution in [3.8, 4) is 5.75 Å². The second-order valence-corrected chi connectivity index (χ2v) is 7.30. The van der Waals surface area contributed by atoms with Gasteiger partial charge in [0.2, 0.25) is 0 Å². The molecule has 6 heteroatoms. The van der Waals surface area contributed by atoms with E-state index in [1.165, 1.54) is 0 Å². The Kier molecular flexibility index (Phi) is 6.20. The summed E-state index contributed by atoms with van der Waals surface area (Å²) in [7, 11) is 0. The molecule has 154 valence electrons. The Hall–Kier alpha value is -2.73. The number of nitrogens with zero attached hydrogens (tertiary/aromatic N) is 3. The number of anilines is 2. The number of piperazine rings is 1. The lowest BCUT2D eigenvalue weighted by Crippen LogP contribution is -2.49. The Balaban J connectivity index is 1.45. The van der Waals surface area contributed by atoms with Gasteiger partial charge in [-0.25, -0.2) is 0 Å². The van der Waals surface area contributed by atoms with Crippen LogP contribution in [0.5, 0.6) is 5.75 Å². The zero-order valence-electron chi connectivity index (χ0n) is 17.0. The Labute approximate surface area is 172 Å². The molecule has 2 aliphatic heterocycles. The Morgan fingerprint density at radius 3 is 2.21 bits per heavy atom. The molecule has 29 heavy (non-hydrogen) atoms. The molecule has 0 unspecified atom stereocenters. The van der Waals surface area contributed by atoms with Crippen LogP contribution in [0.1, 0.15) is 17.3 Å². The van der Waals surface area contributed by atoms with Gasteiger partial charge in [-0.05, 0) is 31.2 Å². The number of ether oxygens (including phenoxy) is 2. The maximum atomic E-state index is 13.3. The van der Waals surface area contributed by atoms with Crippen LogP contribution in [0.3, 0.4) is 0 Å². The van der Waals surface area contributed by atoms with E-state index in [0.29, 0.717) is 32.9 Å². The van der Waals surface area contributed by atoms with Crippen LogP contribution < -0.4 is 14.5 Å². The smallest absolute Gasteiger partial charge is 0.256 e. The van der Waals surface area contributed by atoms with Crippen LogP contribution in [0.4, 0.5) is 11.4 Å². The lowest BCUT2D eigenvalue weighted by Gasteiger charge is -2.37. The number of rotatable bonds is 5. The fraction of sp³-hybridized carbons (Fsp3) is 0.435. The molecule has 4 rings (SSSR count). The molecule has 2 aromatic carbocycles. The van der Waals surface area contributed by atoms with Crippen molar-refractivity contribution in [1.82, 2.24) is 4.90 Å². The summed E-state index contributed by atoms with van der Waals surface area (Å²) in [5.41, 5.74) is 2.91. The second-order valence-electron chi connectivity index (χ2n) is 7.30. The van der Waals surface area contributed by atoms with Crippen molar-refractivity contribution in [2.75, 3.05) is 68.9 Å². The predicted molar refractivity (Wildman–Crippen MR) is 115 cm³/mol. The molecule has 0 atom stereocenters. The molecule has 0 N–H and O–H groups in total. The first-order chi connectivity index (χ1) is 14.3. The zero-order valence-corrected chi connectivity index (χ0v) is 17.0. The number of para-hydroxylation sites is 3. The first-order valence-electron chi connectivity index (χ1n) is 10.5. The van der Waals surface area contributed by atoms with Crippen LogP contribution in [0.2, 0.25) is 0 Å². The molecular weight excluding hydrogens is 366 g/mol. The first kappa shape index (κ1) is 19.6. The quantitative estimate of drug-likeness (QED) is 0.779. The van der Waals surface area contributed by atoms with E-state index in [1.807, 2.05) is 54.3 Å². The third-order valence-corrected chi connectivity index (χ3v) is 5.56. The summed E-state index contributed by atoms with van der Waals surface area (Å²) in [4.78, 5) is 19.8. The third-order valence-electron chi connectivity index (χ3n) is 5.56. The van der Waals surface area contributed by atoms with Gasteiger partial charge in [0.15, 0.2) is 0 Å². The summed E-state index contributed by atoms with van der Waals surface area (Å²) in [6, 6.07) is 16.1. The SMILES string of the molecule is CCOc1ccccc1N1CCN(C(=O)c2ccccc2N2CCOCC2)CC1. The topological polar surface area (TPSA) is 45.2 Å². The van der Waals surface area contributed by atoms with Gasteiger partial charge in [0.05, 0.1) is 31.1 Å². The monoisotopic (exact) mass is 395 g/mol. The van der Waals surface area contributed by atoms with Gasteiger partial charge in [-0.3, -0.25) is 4.79 Å². The van der Waals surface area contributed by atoms with Gasteiger partial charge in [-0.15, -0.1) is 0 Å². The van der Waals surface area contributed by atoms with E-state index in [2.05, 4.69) is 15.9 Å². The maximum Gasteiger partial charge on any atom is 0.256 e. The van der Waals surface area contributed by atoms with E-state index in [9.17, 15) is 4.79 Å². The summed E-state index contributed by atoms with van der Waals surface area (Å²) >= 11 is 0. The highest BCUT2D eigenvalue weighted by Gasteiger charge is 2.26. The van der Waals surface area contributed by atoms with Gasteiger partial charge < -0.3 is 24.2 Å². The van der Waals surface area contributed by atoms with Crippen LogP contribution in [0.25, 0.3) is 0 Å². The van der Waals surface area contributed by atoms with Crippen molar-refractivity contribution in [2.24, 2.45) is 0 Å². The highest BCUT2D eigenvalue weighted by Crippen LogP contribution is 2.29. The van der Waals surface area contributed by atoms with Crippen LogP contribution in [-0.2, 0) is 4.74 Å². The molecule has 0 bridgehead atoms. The van der Waals surface area contributed by atoms with E-state index < -0.39 is 0 Å². The minimum absolute atomic E-state index is 0.116. The summed E-state index contributed by atoms with van der Waals surface area (Å²) in [6.45, 7) is 8.73. The van der Waals surface area contributed by atoms with E-state index in [-0.39, 0.29) is 5.91 Å². The molecule has 0 saturated carbocycles. The molecule has 6 nitrogen and oxygen atoms in total. The average molecular weight is 396 g/mol. The second kappa shape index (κ2) is 9.18. The molecule has 2 aromatic rings. The van der Waals surface area contributed by atoms with Crippen molar-refractivity contribution in [3.63, 3.8) is 0 Å². The molecular formula is C23H29N3O3. The van der Waals surface area contributed by atoms with E-state index >= 15 is 0 Å². The van der Waals surface area contributed by atoms with Gasteiger partial charge in [-0.2, -0.15) is 0 Å². The van der Waals surface area contributed by atoms with Crippen LogP contribution in [0.15, 0.2) is 48.5 Å². The van der Waals surface area contributed by atoms with Crippen molar-refractivity contribution in [2.45, 2.75) is 6.92 Å². The highest BCUT2D eigenvalue weighted by molar-refractivity contribution is 6.00. The summed E-state index contributed by atoms with van der Waals surface area (Å²) in [6.07, 6.45) is 0. The average Bonchev–Trinajstić information content (AvgIpc) is 2.80. The number of hydrogen-bond acceptors (Lipinski definition) is 5. The number of benzene rings is 2. The fourth-order valence-corrected chi connectivity index (χ4v) is 4.05. The largest absolute Gasteiger partial charge is 0.492 e. The maximum absolute atomic E-state index is 13.3. The molecule has 0 radical (unpaired) electrons. The van der Waals surface area contributed by atoms with Crippen LogP contribution in [0, 0.1) is 0 Å². The molecule has 2 heterocycles. The fourth-order valence-electron chi connectivity index (χ4n) is 4.05. The third kappa shape index (κ3) is 4.32. The first-order valence-corrected chi connectivity index (χ1v) is 10.5. The molecule has 0 spiro atoms. The van der Waals surface area contributed by atoms with E-state index in [1.54, 1.807) is 0 Å². The molecule has 2 aliphatic rings. The normalized spacial score (nSPS) is 17.3. The summed E-state index contributed by atoms with van der Waals surface area (Å²) in [5.74, 6) is 1.03. The number of carbonyl (C=O) groups excluding carboxylic acids is 1. The van der Waals surface area contributed by atoms with Gasteiger partial charge in [0, 0.05) is 45.0 Å². The van der Waals surface area contributed by atoms with Crippen molar-refractivity contribution in [1.29, 1.82) is 0 Å². The number of carbonyl (C=O) groups is 1.